The lowest BCUT2D eigenvalue weighted by atomic mass is 9.98. The van der Waals surface area contributed by atoms with Crippen molar-refractivity contribution in [2.24, 2.45) is 5.92 Å². The van der Waals surface area contributed by atoms with Gasteiger partial charge in [-0.25, -0.2) is 0 Å². The fourth-order valence-corrected chi connectivity index (χ4v) is 1.19. The second kappa shape index (κ2) is 3.17. The first-order valence-electron chi connectivity index (χ1n) is 3.86. The summed E-state index contributed by atoms with van der Waals surface area (Å²) in [6.07, 6.45) is -4.26. The van der Waals surface area contributed by atoms with Gasteiger partial charge in [0.05, 0.1) is 5.92 Å². The summed E-state index contributed by atoms with van der Waals surface area (Å²) in [7, 11) is 0. The maximum atomic E-state index is 12.1. The van der Waals surface area contributed by atoms with Crippen LogP contribution in [0.5, 0.6) is 0 Å². The molecule has 1 N–H and O–H groups in total. The van der Waals surface area contributed by atoms with Crippen molar-refractivity contribution in [1.29, 1.82) is 0 Å². The minimum Gasteiger partial charge on any atom is -0.481 e. The van der Waals surface area contributed by atoms with Gasteiger partial charge in [-0.05, 0) is 6.92 Å². The smallest absolute Gasteiger partial charge is 0.403 e. The Hall–Kier alpha value is -0.780. The minimum atomic E-state index is -4.26. The fourth-order valence-electron chi connectivity index (χ4n) is 1.19. The molecule has 1 unspecified atom stereocenters. The van der Waals surface area contributed by atoms with Crippen LogP contribution in [0.15, 0.2) is 0 Å². The third-order valence-electron chi connectivity index (χ3n) is 2.28. The van der Waals surface area contributed by atoms with Crippen LogP contribution < -0.4 is 0 Å². The van der Waals surface area contributed by atoms with Crippen LogP contribution in [0.2, 0.25) is 0 Å². The summed E-state index contributed by atoms with van der Waals surface area (Å²) >= 11 is 0. The average Bonchev–Trinajstić information content (AvgIpc) is 1.80. The van der Waals surface area contributed by atoms with Gasteiger partial charge in [0.2, 0.25) is 0 Å². The number of halogens is 3. The molecule has 3 nitrogen and oxygen atoms in total. The molecule has 1 fully saturated rings. The Morgan fingerprint density at radius 3 is 2.31 bits per heavy atom. The SMILES string of the molecule is CC(N1CC(C(=O)O)C1)C(F)(F)F. The molecule has 1 aliphatic heterocycles. The van der Waals surface area contributed by atoms with Gasteiger partial charge in [-0.3, -0.25) is 9.69 Å². The van der Waals surface area contributed by atoms with Crippen LogP contribution >= 0.6 is 0 Å². The molecule has 0 bridgehead atoms. The summed E-state index contributed by atoms with van der Waals surface area (Å²) in [5.74, 6) is -1.66. The van der Waals surface area contributed by atoms with E-state index in [1.54, 1.807) is 0 Å². The summed E-state index contributed by atoms with van der Waals surface area (Å²) in [5, 5.41) is 8.43. The molecule has 1 rings (SSSR count). The Bertz CT molecular complexity index is 210. The second-order valence-electron chi connectivity index (χ2n) is 3.21. The lowest BCUT2D eigenvalue weighted by Gasteiger charge is -2.41. The van der Waals surface area contributed by atoms with E-state index in [2.05, 4.69) is 0 Å². The number of carboxylic acids is 1. The molecule has 1 heterocycles. The van der Waals surface area contributed by atoms with E-state index in [9.17, 15) is 18.0 Å². The number of hydrogen-bond acceptors (Lipinski definition) is 2. The minimum absolute atomic E-state index is 0.00396. The first-order chi connectivity index (χ1) is 5.82. The molecule has 13 heavy (non-hydrogen) atoms. The van der Waals surface area contributed by atoms with Gasteiger partial charge in [0.15, 0.2) is 0 Å². The zero-order valence-electron chi connectivity index (χ0n) is 7.01. The number of rotatable bonds is 2. The second-order valence-corrected chi connectivity index (χ2v) is 3.21. The number of aliphatic carboxylic acids is 1. The molecular formula is C7H10F3NO2. The standard InChI is InChI=1S/C7H10F3NO2/c1-4(7(8,9)10)11-2-5(3-11)6(12)13/h4-5H,2-3H2,1H3,(H,12,13). The van der Waals surface area contributed by atoms with Gasteiger partial charge in [-0.15, -0.1) is 0 Å². The first kappa shape index (κ1) is 10.3. The molecule has 6 heteroatoms. The van der Waals surface area contributed by atoms with Crippen molar-refractivity contribution in [2.45, 2.75) is 19.1 Å². The molecule has 1 saturated heterocycles. The molecule has 0 aromatic heterocycles. The number of carboxylic acid groups (broad SMARTS) is 1. The zero-order valence-corrected chi connectivity index (χ0v) is 7.01. The summed E-state index contributed by atoms with van der Waals surface area (Å²) in [4.78, 5) is 11.4. The Balaban J connectivity index is 2.39. The molecule has 1 atom stereocenters. The van der Waals surface area contributed by atoms with Crippen molar-refractivity contribution in [3.8, 4) is 0 Å². The Morgan fingerprint density at radius 1 is 1.54 bits per heavy atom. The summed E-state index contributed by atoms with van der Waals surface area (Å²) in [6.45, 7) is 1.03. The van der Waals surface area contributed by atoms with Crippen LogP contribution in [0.1, 0.15) is 6.92 Å². The highest BCUT2D eigenvalue weighted by Gasteiger charge is 2.46. The van der Waals surface area contributed by atoms with Gasteiger partial charge in [-0.2, -0.15) is 13.2 Å². The molecule has 0 amide bonds. The van der Waals surface area contributed by atoms with E-state index in [1.165, 1.54) is 0 Å². The molecule has 0 spiro atoms. The van der Waals surface area contributed by atoms with Crippen molar-refractivity contribution in [3.63, 3.8) is 0 Å². The molecule has 76 valence electrons. The van der Waals surface area contributed by atoms with Crippen molar-refractivity contribution in [3.05, 3.63) is 0 Å². The topological polar surface area (TPSA) is 40.5 Å². The lowest BCUT2D eigenvalue weighted by Crippen LogP contribution is -2.57. The monoisotopic (exact) mass is 197 g/mol. The highest BCUT2D eigenvalue weighted by molar-refractivity contribution is 5.71. The summed E-state index contributed by atoms with van der Waals surface area (Å²) in [6, 6.07) is -1.54. The van der Waals surface area contributed by atoms with Gasteiger partial charge < -0.3 is 5.11 Å². The third kappa shape index (κ3) is 2.12. The van der Waals surface area contributed by atoms with E-state index in [0.29, 0.717) is 0 Å². The van der Waals surface area contributed by atoms with Crippen molar-refractivity contribution in [2.75, 3.05) is 13.1 Å². The summed E-state index contributed by atoms with van der Waals surface area (Å²) in [5.41, 5.74) is 0. The maximum Gasteiger partial charge on any atom is 0.403 e. The first-order valence-corrected chi connectivity index (χ1v) is 3.86. The Kier molecular flexibility index (Phi) is 2.51. The number of alkyl halides is 3. The highest BCUT2D eigenvalue weighted by atomic mass is 19.4. The molecule has 0 aliphatic carbocycles. The molecule has 0 radical (unpaired) electrons. The van der Waals surface area contributed by atoms with Crippen molar-refractivity contribution >= 4 is 5.97 Å². The molecule has 0 aromatic carbocycles. The average molecular weight is 197 g/mol. The molecule has 0 aromatic rings. The predicted molar refractivity (Wildman–Crippen MR) is 38.2 cm³/mol. The summed E-state index contributed by atoms with van der Waals surface area (Å²) < 4.78 is 36.2. The van der Waals surface area contributed by atoms with Gasteiger partial charge in [0.1, 0.15) is 6.04 Å². The van der Waals surface area contributed by atoms with E-state index in [-0.39, 0.29) is 13.1 Å². The molecule has 1 aliphatic rings. The fraction of sp³-hybridized carbons (Fsp3) is 0.857. The highest BCUT2D eigenvalue weighted by Crippen LogP contribution is 2.29. The Labute approximate surface area is 73.1 Å². The Morgan fingerprint density at radius 2 is 2.00 bits per heavy atom. The van der Waals surface area contributed by atoms with Crippen LogP contribution in [0.4, 0.5) is 13.2 Å². The van der Waals surface area contributed by atoms with Crippen LogP contribution in [-0.4, -0.2) is 41.3 Å². The normalized spacial score (nSPS) is 22.5. The van der Waals surface area contributed by atoms with Crippen LogP contribution in [0.3, 0.4) is 0 Å². The van der Waals surface area contributed by atoms with Crippen LogP contribution in [-0.2, 0) is 4.79 Å². The van der Waals surface area contributed by atoms with Gasteiger partial charge in [0, 0.05) is 13.1 Å². The number of nitrogens with zero attached hydrogens (tertiary/aromatic N) is 1. The van der Waals surface area contributed by atoms with E-state index < -0.39 is 24.1 Å². The van der Waals surface area contributed by atoms with E-state index in [1.807, 2.05) is 0 Å². The predicted octanol–water partition coefficient (Wildman–Crippen LogP) is 0.954. The van der Waals surface area contributed by atoms with Crippen molar-refractivity contribution in [1.82, 2.24) is 4.90 Å². The van der Waals surface area contributed by atoms with Crippen molar-refractivity contribution < 1.29 is 23.1 Å². The van der Waals surface area contributed by atoms with Crippen LogP contribution in [0.25, 0.3) is 0 Å². The number of hydrogen-bond donors (Lipinski definition) is 1. The van der Waals surface area contributed by atoms with E-state index in [0.717, 1.165) is 11.8 Å². The quantitative estimate of drug-likeness (QED) is 0.716. The zero-order chi connectivity index (χ0) is 10.2. The number of likely N-dealkylation sites (tertiary alicyclic amines) is 1. The third-order valence-corrected chi connectivity index (χ3v) is 2.28. The van der Waals surface area contributed by atoms with Gasteiger partial charge in [0.25, 0.3) is 0 Å². The van der Waals surface area contributed by atoms with Gasteiger partial charge in [-0.1, -0.05) is 0 Å². The lowest BCUT2D eigenvalue weighted by molar-refractivity contribution is -0.197. The maximum absolute atomic E-state index is 12.1. The molecule has 0 saturated carbocycles. The van der Waals surface area contributed by atoms with Crippen LogP contribution in [0, 0.1) is 5.92 Å². The largest absolute Gasteiger partial charge is 0.481 e. The van der Waals surface area contributed by atoms with E-state index >= 15 is 0 Å². The van der Waals surface area contributed by atoms with E-state index in [4.69, 9.17) is 5.11 Å². The van der Waals surface area contributed by atoms with Gasteiger partial charge >= 0.3 is 12.1 Å². The molecular weight excluding hydrogens is 187 g/mol. The number of carbonyl (C=O) groups is 1.